The van der Waals surface area contributed by atoms with Crippen molar-refractivity contribution in [1.82, 2.24) is 5.32 Å². The second-order valence-corrected chi connectivity index (χ2v) is 9.97. The Hall–Kier alpha value is -3.07. The molecular formula is C24H30N2O6S. The van der Waals surface area contributed by atoms with E-state index in [0.29, 0.717) is 23.6 Å². The van der Waals surface area contributed by atoms with E-state index in [1.807, 2.05) is 6.92 Å². The van der Waals surface area contributed by atoms with Crippen molar-refractivity contribution in [3.63, 3.8) is 0 Å². The van der Waals surface area contributed by atoms with Crippen LogP contribution in [-0.4, -0.2) is 46.6 Å². The zero-order chi connectivity index (χ0) is 24.0. The molecule has 33 heavy (non-hydrogen) atoms. The highest BCUT2D eigenvalue weighted by Gasteiger charge is 2.24. The lowest BCUT2D eigenvalue weighted by Crippen LogP contribution is -2.36. The second kappa shape index (κ2) is 10.7. The van der Waals surface area contributed by atoms with E-state index in [9.17, 15) is 18.0 Å². The van der Waals surface area contributed by atoms with Crippen molar-refractivity contribution in [3.05, 3.63) is 53.6 Å². The van der Waals surface area contributed by atoms with E-state index in [4.69, 9.17) is 9.47 Å². The number of carbonyl (C=O) groups is 2. The minimum atomic E-state index is -3.93. The maximum Gasteiger partial charge on any atom is 0.338 e. The van der Waals surface area contributed by atoms with Gasteiger partial charge in [-0.1, -0.05) is 18.9 Å². The van der Waals surface area contributed by atoms with E-state index in [2.05, 4.69) is 5.32 Å². The van der Waals surface area contributed by atoms with Gasteiger partial charge in [-0.05, 0) is 68.7 Å². The highest BCUT2D eigenvalue weighted by Crippen LogP contribution is 2.26. The molecule has 3 rings (SSSR count). The van der Waals surface area contributed by atoms with Crippen LogP contribution in [0.15, 0.2) is 47.4 Å². The number of benzene rings is 2. The number of carbonyl (C=O) groups excluding carboxylic acids is 2. The second-order valence-electron chi connectivity index (χ2n) is 8.00. The van der Waals surface area contributed by atoms with Crippen molar-refractivity contribution in [2.24, 2.45) is 0 Å². The topological polar surface area (TPSA) is 102 Å². The highest BCUT2D eigenvalue weighted by molar-refractivity contribution is 7.92. The summed E-state index contributed by atoms with van der Waals surface area (Å²) in [7, 11) is -2.49. The Morgan fingerprint density at radius 2 is 1.76 bits per heavy atom. The lowest BCUT2D eigenvalue weighted by Gasteiger charge is -2.20. The molecule has 1 amide bonds. The van der Waals surface area contributed by atoms with Crippen LogP contribution < -0.4 is 14.4 Å². The van der Waals surface area contributed by atoms with Crippen LogP contribution in [0.4, 0.5) is 5.69 Å². The number of aryl methyl sites for hydroxylation is 1. The maximum atomic E-state index is 13.2. The van der Waals surface area contributed by atoms with Gasteiger partial charge in [0.15, 0.2) is 6.61 Å². The minimum absolute atomic E-state index is 0.0492. The van der Waals surface area contributed by atoms with Crippen molar-refractivity contribution in [1.29, 1.82) is 0 Å². The van der Waals surface area contributed by atoms with E-state index in [1.54, 1.807) is 37.3 Å². The average molecular weight is 475 g/mol. The number of ether oxygens (including phenoxy) is 2. The standard InChI is InChI=1S/C24H30N2O6S/c1-4-31-20-12-10-19(11-13-20)26(3)33(29,30)21-14-9-17(2)22(15-21)24(28)32-16-23(27)25-18-7-5-6-8-18/h9-15,18H,4-8,16H2,1-3H3,(H,25,27). The molecule has 0 heterocycles. The lowest BCUT2D eigenvalue weighted by molar-refractivity contribution is -0.124. The van der Waals surface area contributed by atoms with Gasteiger partial charge in [-0.25, -0.2) is 13.2 Å². The van der Waals surface area contributed by atoms with Gasteiger partial charge in [-0.3, -0.25) is 9.10 Å². The summed E-state index contributed by atoms with van der Waals surface area (Å²) in [5, 5.41) is 2.85. The van der Waals surface area contributed by atoms with Gasteiger partial charge in [-0.15, -0.1) is 0 Å². The number of anilines is 1. The quantitative estimate of drug-likeness (QED) is 0.559. The van der Waals surface area contributed by atoms with Gasteiger partial charge in [0.05, 0.1) is 22.8 Å². The van der Waals surface area contributed by atoms with Crippen molar-refractivity contribution < 1.29 is 27.5 Å². The van der Waals surface area contributed by atoms with Crippen molar-refractivity contribution in [3.8, 4) is 5.75 Å². The van der Waals surface area contributed by atoms with Gasteiger partial charge >= 0.3 is 5.97 Å². The Morgan fingerprint density at radius 3 is 2.39 bits per heavy atom. The summed E-state index contributed by atoms with van der Waals surface area (Å²) in [6.45, 7) is 3.66. The number of hydrogen-bond donors (Lipinski definition) is 1. The molecule has 1 N–H and O–H groups in total. The zero-order valence-electron chi connectivity index (χ0n) is 19.2. The number of sulfonamides is 1. The summed E-state index contributed by atoms with van der Waals surface area (Å²) in [5.41, 5.74) is 1.11. The molecule has 1 aliphatic rings. The highest BCUT2D eigenvalue weighted by atomic mass is 32.2. The van der Waals surface area contributed by atoms with Crippen LogP contribution in [0.1, 0.15) is 48.5 Å². The number of hydrogen-bond acceptors (Lipinski definition) is 6. The Balaban J connectivity index is 1.72. The van der Waals surface area contributed by atoms with Gasteiger partial charge in [0.2, 0.25) is 0 Å². The van der Waals surface area contributed by atoms with Crippen LogP contribution in [0, 0.1) is 6.92 Å². The molecule has 8 nitrogen and oxygen atoms in total. The summed E-state index contributed by atoms with van der Waals surface area (Å²) in [6, 6.07) is 11.1. The predicted octanol–water partition coefficient (Wildman–Crippen LogP) is 3.43. The molecule has 178 valence electrons. The lowest BCUT2D eigenvalue weighted by atomic mass is 10.1. The molecule has 9 heteroatoms. The summed E-state index contributed by atoms with van der Waals surface area (Å²) in [4.78, 5) is 24.6. The average Bonchev–Trinajstić information content (AvgIpc) is 3.31. The molecule has 0 aromatic heterocycles. The van der Waals surface area contributed by atoms with E-state index >= 15 is 0 Å². The SMILES string of the molecule is CCOc1ccc(N(C)S(=O)(=O)c2ccc(C)c(C(=O)OCC(=O)NC3CCCC3)c2)cc1. The largest absolute Gasteiger partial charge is 0.494 e. The molecule has 0 saturated heterocycles. The molecule has 0 spiro atoms. The molecule has 0 bridgehead atoms. The van der Waals surface area contributed by atoms with Gasteiger partial charge in [-0.2, -0.15) is 0 Å². The number of amides is 1. The molecule has 1 aliphatic carbocycles. The number of nitrogens with one attached hydrogen (secondary N) is 1. The minimum Gasteiger partial charge on any atom is -0.494 e. The third-order valence-corrected chi connectivity index (χ3v) is 7.43. The number of nitrogens with zero attached hydrogens (tertiary/aromatic N) is 1. The third-order valence-electron chi connectivity index (χ3n) is 5.65. The van der Waals surface area contributed by atoms with E-state index in [0.717, 1.165) is 30.0 Å². The van der Waals surface area contributed by atoms with E-state index in [1.165, 1.54) is 19.2 Å². The fourth-order valence-electron chi connectivity index (χ4n) is 3.75. The molecule has 2 aromatic rings. The van der Waals surface area contributed by atoms with E-state index in [-0.39, 0.29) is 22.4 Å². The van der Waals surface area contributed by atoms with Gasteiger partial charge < -0.3 is 14.8 Å². The van der Waals surface area contributed by atoms with Crippen molar-refractivity contribution in [2.75, 3.05) is 24.6 Å². The van der Waals surface area contributed by atoms with Gasteiger partial charge in [0.1, 0.15) is 5.75 Å². The Labute approximate surface area is 194 Å². The van der Waals surface area contributed by atoms with Gasteiger partial charge in [0.25, 0.3) is 15.9 Å². The molecule has 0 radical (unpaired) electrons. The first-order valence-corrected chi connectivity index (χ1v) is 12.4. The van der Waals surface area contributed by atoms with Gasteiger partial charge in [0, 0.05) is 13.1 Å². The smallest absolute Gasteiger partial charge is 0.338 e. The van der Waals surface area contributed by atoms with Crippen LogP contribution in [0.25, 0.3) is 0 Å². The molecule has 1 fully saturated rings. The first-order chi connectivity index (χ1) is 15.7. The molecule has 0 atom stereocenters. The van der Waals surface area contributed by atoms with Crippen LogP contribution in [0.3, 0.4) is 0 Å². The molecule has 2 aromatic carbocycles. The Kier molecular flexibility index (Phi) is 7.97. The Bertz CT molecular complexity index is 1090. The first-order valence-electron chi connectivity index (χ1n) is 11.0. The first kappa shape index (κ1) is 24.6. The Morgan fingerprint density at radius 1 is 1.09 bits per heavy atom. The van der Waals surface area contributed by atoms with Crippen LogP contribution >= 0.6 is 0 Å². The monoisotopic (exact) mass is 474 g/mol. The van der Waals surface area contributed by atoms with Crippen LogP contribution in [-0.2, 0) is 19.6 Å². The zero-order valence-corrected chi connectivity index (χ0v) is 20.0. The normalized spacial score (nSPS) is 14.0. The van der Waals surface area contributed by atoms with Crippen LogP contribution in [0.2, 0.25) is 0 Å². The predicted molar refractivity (Wildman–Crippen MR) is 125 cm³/mol. The molecule has 0 aliphatic heterocycles. The summed E-state index contributed by atoms with van der Waals surface area (Å²) < 4.78 is 38.0. The summed E-state index contributed by atoms with van der Waals surface area (Å²) in [6.07, 6.45) is 4.02. The third kappa shape index (κ3) is 6.04. The summed E-state index contributed by atoms with van der Waals surface area (Å²) >= 11 is 0. The fraction of sp³-hybridized carbons (Fsp3) is 0.417. The maximum absolute atomic E-state index is 13.2. The number of esters is 1. The molecular weight excluding hydrogens is 444 g/mol. The van der Waals surface area contributed by atoms with Crippen molar-refractivity contribution in [2.45, 2.75) is 50.5 Å². The molecule has 1 saturated carbocycles. The fourth-order valence-corrected chi connectivity index (χ4v) is 4.97. The van der Waals surface area contributed by atoms with Crippen molar-refractivity contribution >= 4 is 27.6 Å². The summed E-state index contributed by atoms with van der Waals surface area (Å²) in [5.74, 6) is -0.453. The van der Waals surface area contributed by atoms with E-state index < -0.39 is 22.6 Å². The number of rotatable bonds is 9. The molecule has 0 unspecified atom stereocenters. The van der Waals surface area contributed by atoms with Crippen LogP contribution in [0.5, 0.6) is 5.75 Å².